The van der Waals surface area contributed by atoms with Crippen LogP contribution >= 0.6 is 11.3 Å². The van der Waals surface area contributed by atoms with Crippen LogP contribution in [0.1, 0.15) is 11.3 Å². The molecule has 0 bridgehead atoms. The molecule has 0 radical (unpaired) electrons. The summed E-state index contributed by atoms with van der Waals surface area (Å²) in [6.07, 6.45) is 0. The normalized spacial score (nSPS) is 11.5. The van der Waals surface area contributed by atoms with Crippen molar-refractivity contribution in [3.05, 3.63) is 58.9 Å². The fourth-order valence-corrected chi connectivity index (χ4v) is 4.51. The molecule has 126 valence electrons. The highest BCUT2D eigenvalue weighted by atomic mass is 32.1. The molecule has 0 amide bonds. The second-order valence-electron chi connectivity index (χ2n) is 6.25. The summed E-state index contributed by atoms with van der Waals surface area (Å²) in [7, 11) is 0. The maximum atomic E-state index is 13.9. The van der Waals surface area contributed by atoms with E-state index in [2.05, 4.69) is 30.5 Å². The van der Waals surface area contributed by atoms with Crippen molar-refractivity contribution in [2.24, 2.45) is 0 Å². The van der Waals surface area contributed by atoms with Crippen molar-refractivity contribution in [3.8, 4) is 11.1 Å². The molecule has 5 heteroatoms. The summed E-state index contributed by atoms with van der Waals surface area (Å²) >= 11 is 1.65. The van der Waals surface area contributed by atoms with Crippen molar-refractivity contribution in [3.63, 3.8) is 0 Å². The summed E-state index contributed by atoms with van der Waals surface area (Å²) in [6.45, 7) is 3.81. The van der Waals surface area contributed by atoms with Gasteiger partial charge in [-0.1, -0.05) is 12.1 Å². The predicted octanol–water partition coefficient (Wildman–Crippen LogP) is 5.36. The van der Waals surface area contributed by atoms with Crippen molar-refractivity contribution in [1.82, 2.24) is 4.57 Å². The summed E-state index contributed by atoms with van der Waals surface area (Å²) < 4.78 is 16.8. The lowest BCUT2D eigenvalue weighted by Crippen LogP contribution is -2.09. The van der Waals surface area contributed by atoms with E-state index < -0.39 is 5.97 Å². The molecule has 4 aromatic rings. The molecule has 0 saturated heterocycles. The monoisotopic (exact) mass is 353 g/mol. The average molecular weight is 353 g/mol. The Morgan fingerprint density at radius 3 is 2.72 bits per heavy atom. The standard InChI is InChI=1S/C20H16FNO2S/c1-11-3-5-14-16(10-25-18(14)7-11)20-12(2)22(9-19(23)24)17-6-4-13(21)8-15(17)20/h3-8,10H,9H2,1-2H3,(H,23,24). The Hall–Kier alpha value is -2.66. The molecule has 0 atom stereocenters. The first-order valence-corrected chi connectivity index (χ1v) is 8.82. The molecular weight excluding hydrogens is 337 g/mol. The third kappa shape index (κ3) is 2.51. The molecule has 0 saturated carbocycles. The van der Waals surface area contributed by atoms with Gasteiger partial charge in [0.15, 0.2) is 0 Å². The number of aromatic nitrogens is 1. The van der Waals surface area contributed by atoms with Gasteiger partial charge in [-0.3, -0.25) is 4.79 Å². The first-order valence-electron chi connectivity index (χ1n) is 7.94. The van der Waals surface area contributed by atoms with E-state index in [1.54, 1.807) is 22.0 Å². The molecule has 0 fully saturated rings. The lowest BCUT2D eigenvalue weighted by atomic mass is 10.0. The van der Waals surface area contributed by atoms with Crippen molar-refractivity contribution >= 4 is 38.3 Å². The fourth-order valence-electron chi connectivity index (χ4n) is 3.46. The van der Waals surface area contributed by atoms with Crippen LogP contribution in [0.3, 0.4) is 0 Å². The number of halogens is 1. The number of benzene rings is 2. The number of thiophene rings is 1. The number of nitrogens with zero attached hydrogens (tertiary/aromatic N) is 1. The van der Waals surface area contributed by atoms with Crippen LogP contribution in [0.25, 0.3) is 32.1 Å². The van der Waals surface area contributed by atoms with E-state index in [9.17, 15) is 14.3 Å². The molecule has 2 heterocycles. The number of rotatable bonds is 3. The van der Waals surface area contributed by atoms with Gasteiger partial charge in [-0.2, -0.15) is 0 Å². The van der Waals surface area contributed by atoms with Gasteiger partial charge in [-0.05, 0) is 49.1 Å². The molecule has 2 aromatic carbocycles. The van der Waals surface area contributed by atoms with Gasteiger partial charge in [0, 0.05) is 37.8 Å². The zero-order valence-corrected chi connectivity index (χ0v) is 14.7. The van der Waals surface area contributed by atoms with Crippen molar-refractivity contribution in [2.45, 2.75) is 20.4 Å². The largest absolute Gasteiger partial charge is 0.480 e. The smallest absolute Gasteiger partial charge is 0.323 e. The SMILES string of the molecule is Cc1ccc2c(-c3c(C)n(CC(=O)O)c4ccc(F)cc34)csc2c1. The minimum Gasteiger partial charge on any atom is -0.480 e. The van der Waals surface area contributed by atoms with E-state index in [-0.39, 0.29) is 12.4 Å². The Kier molecular flexibility index (Phi) is 3.62. The maximum absolute atomic E-state index is 13.9. The highest BCUT2D eigenvalue weighted by Gasteiger charge is 2.20. The summed E-state index contributed by atoms with van der Waals surface area (Å²) in [5, 5.41) is 13.2. The quantitative estimate of drug-likeness (QED) is 0.538. The number of aryl methyl sites for hydroxylation is 1. The predicted molar refractivity (Wildman–Crippen MR) is 99.8 cm³/mol. The van der Waals surface area contributed by atoms with E-state index in [0.717, 1.165) is 33.1 Å². The van der Waals surface area contributed by atoms with Crippen LogP contribution in [-0.2, 0) is 11.3 Å². The van der Waals surface area contributed by atoms with Crippen LogP contribution in [0, 0.1) is 19.7 Å². The summed E-state index contributed by atoms with van der Waals surface area (Å²) in [6, 6.07) is 10.8. The fraction of sp³-hybridized carbons (Fsp3) is 0.150. The number of aliphatic carboxylic acids is 1. The van der Waals surface area contributed by atoms with Gasteiger partial charge in [0.05, 0.1) is 0 Å². The molecule has 0 spiro atoms. The summed E-state index contributed by atoms with van der Waals surface area (Å²) in [4.78, 5) is 11.3. The molecule has 0 aliphatic rings. The van der Waals surface area contributed by atoms with Gasteiger partial charge in [0.25, 0.3) is 0 Å². The van der Waals surface area contributed by atoms with E-state index >= 15 is 0 Å². The zero-order chi connectivity index (χ0) is 17.7. The number of carbonyl (C=O) groups is 1. The van der Waals surface area contributed by atoms with Crippen molar-refractivity contribution < 1.29 is 14.3 Å². The highest BCUT2D eigenvalue weighted by molar-refractivity contribution is 7.17. The van der Waals surface area contributed by atoms with E-state index in [4.69, 9.17) is 0 Å². The zero-order valence-electron chi connectivity index (χ0n) is 13.8. The number of hydrogen-bond acceptors (Lipinski definition) is 2. The topological polar surface area (TPSA) is 42.2 Å². The van der Waals surface area contributed by atoms with Crippen LogP contribution in [0.15, 0.2) is 41.8 Å². The third-order valence-corrected chi connectivity index (χ3v) is 5.52. The molecule has 0 aliphatic heterocycles. The Labute approximate surface area is 147 Å². The lowest BCUT2D eigenvalue weighted by molar-refractivity contribution is -0.137. The van der Waals surface area contributed by atoms with Crippen molar-refractivity contribution in [1.29, 1.82) is 0 Å². The van der Waals surface area contributed by atoms with Crippen LogP contribution in [0.5, 0.6) is 0 Å². The Balaban J connectivity index is 2.08. The highest BCUT2D eigenvalue weighted by Crippen LogP contribution is 2.41. The Morgan fingerprint density at radius 2 is 1.96 bits per heavy atom. The van der Waals surface area contributed by atoms with Gasteiger partial charge >= 0.3 is 5.97 Å². The van der Waals surface area contributed by atoms with Gasteiger partial charge < -0.3 is 9.67 Å². The van der Waals surface area contributed by atoms with Crippen LogP contribution in [-0.4, -0.2) is 15.6 Å². The first kappa shape index (κ1) is 15.8. The first-order chi connectivity index (χ1) is 12.0. The van der Waals surface area contributed by atoms with Crippen LogP contribution in [0.2, 0.25) is 0 Å². The van der Waals surface area contributed by atoms with E-state index in [0.29, 0.717) is 0 Å². The molecule has 3 nitrogen and oxygen atoms in total. The van der Waals surface area contributed by atoms with Crippen LogP contribution < -0.4 is 0 Å². The van der Waals surface area contributed by atoms with Crippen LogP contribution in [0.4, 0.5) is 4.39 Å². The molecule has 0 unspecified atom stereocenters. The molecule has 0 aliphatic carbocycles. The van der Waals surface area contributed by atoms with Gasteiger partial charge in [0.2, 0.25) is 0 Å². The number of hydrogen-bond donors (Lipinski definition) is 1. The maximum Gasteiger partial charge on any atom is 0.323 e. The molecular formula is C20H16FNO2S. The van der Waals surface area contributed by atoms with Gasteiger partial charge in [-0.25, -0.2) is 4.39 Å². The second-order valence-corrected chi connectivity index (χ2v) is 7.16. The second kappa shape index (κ2) is 5.70. The Bertz CT molecular complexity index is 1140. The molecule has 25 heavy (non-hydrogen) atoms. The van der Waals surface area contributed by atoms with Gasteiger partial charge in [0.1, 0.15) is 12.4 Å². The average Bonchev–Trinajstić information content (AvgIpc) is 3.06. The Morgan fingerprint density at radius 1 is 1.16 bits per heavy atom. The number of fused-ring (bicyclic) bond motifs is 2. The summed E-state index contributed by atoms with van der Waals surface area (Å²) in [5.74, 6) is -1.24. The van der Waals surface area contributed by atoms with Crippen molar-refractivity contribution in [2.75, 3.05) is 0 Å². The van der Waals surface area contributed by atoms with E-state index in [1.165, 1.54) is 22.4 Å². The lowest BCUT2D eigenvalue weighted by Gasteiger charge is -2.05. The number of carboxylic acids is 1. The third-order valence-electron chi connectivity index (χ3n) is 4.58. The molecule has 4 rings (SSSR count). The van der Waals surface area contributed by atoms with E-state index in [1.807, 2.05) is 6.92 Å². The summed E-state index contributed by atoms with van der Waals surface area (Å²) in [5.41, 5.74) is 4.70. The number of carboxylic acid groups (broad SMARTS) is 1. The molecule has 2 aromatic heterocycles. The van der Waals surface area contributed by atoms with Gasteiger partial charge in [-0.15, -0.1) is 11.3 Å². The minimum absolute atomic E-state index is 0.144. The minimum atomic E-state index is -0.915. The molecule has 1 N–H and O–H groups in total.